The fourth-order valence-electron chi connectivity index (χ4n) is 3.20. The first-order valence-electron chi connectivity index (χ1n) is 9.88. The average Bonchev–Trinajstić information content (AvgIpc) is 3.26. The summed E-state index contributed by atoms with van der Waals surface area (Å²) in [5.74, 6) is -3.77. The van der Waals surface area contributed by atoms with E-state index in [4.69, 9.17) is 14.6 Å². The molecular formula is C22H18F2N4O5. The molecule has 4 aromatic rings. The van der Waals surface area contributed by atoms with Crippen molar-refractivity contribution >= 4 is 17.1 Å². The van der Waals surface area contributed by atoms with Gasteiger partial charge in [0.15, 0.2) is 28.8 Å². The quantitative estimate of drug-likeness (QED) is 0.388. The van der Waals surface area contributed by atoms with E-state index in [1.54, 1.807) is 25.1 Å². The molecule has 0 spiro atoms. The van der Waals surface area contributed by atoms with Gasteiger partial charge in [-0.2, -0.15) is 4.39 Å². The Labute approximate surface area is 185 Å². The van der Waals surface area contributed by atoms with Gasteiger partial charge in [-0.25, -0.2) is 19.2 Å². The SMILES string of the molecule is CCOc1cc(-c2cc(F)c(F)c(O[C@@H](C)C(=O)O)c2)ccc1-c1nc2[nH]cnc2c(=O)[nH]1. The molecule has 0 saturated carbocycles. The maximum Gasteiger partial charge on any atom is 0.344 e. The predicted molar refractivity (Wildman–Crippen MR) is 114 cm³/mol. The van der Waals surface area contributed by atoms with E-state index in [1.165, 1.54) is 19.3 Å². The van der Waals surface area contributed by atoms with Crippen LogP contribution in [0.3, 0.4) is 0 Å². The fraction of sp³-hybridized carbons (Fsp3) is 0.182. The highest BCUT2D eigenvalue weighted by Gasteiger charge is 2.20. The summed E-state index contributed by atoms with van der Waals surface area (Å²) in [4.78, 5) is 37.0. The van der Waals surface area contributed by atoms with Crippen LogP contribution in [0.1, 0.15) is 13.8 Å². The van der Waals surface area contributed by atoms with Gasteiger partial charge in [0.05, 0.1) is 18.5 Å². The third-order valence-corrected chi connectivity index (χ3v) is 4.81. The highest BCUT2D eigenvalue weighted by Crippen LogP contribution is 2.35. The summed E-state index contributed by atoms with van der Waals surface area (Å²) in [5, 5.41) is 9.00. The van der Waals surface area contributed by atoms with E-state index in [0.29, 0.717) is 22.5 Å². The van der Waals surface area contributed by atoms with Gasteiger partial charge in [-0.1, -0.05) is 6.07 Å². The maximum absolute atomic E-state index is 14.2. The lowest BCUT2D eigenvalue weighted by Crippen LogP contribution is -2.23. The van der Waals surface area contributed by atoms with Crippen LogP contribution in [0.25, 0.3) is 33.7 Å². The topological polar surface area (TPSA) is 130 Å². The lowest BCUT2D eigenvalue weighted by molar-refractivity contribution is -0.144. The number of nitrogens with zero attached hydrogens (tertiary/aromatic N) is 2. The second kappa shape index (κ2) is 8.69. The third-order valence-electron chi connectivity index (χ3n) is 4.81. The number of aromatic amines is 2. The standard InChI is InChI=1S/C22H18F2N4O5/c1-3-32-15-7-11(12-6-14(23)17(24)16(8-12)33-10(2)22(30)31)4-5-13(15)19-27-20-18(21(29)28-19)25-9-26-20/h4-10H,3H2,1-2H3,(H,30,31)(H2,25,26,27,28,29)/t10-/m0/s1. The van der Waals surface area contributed by atoms with Crippen molar-refractivity contribution in [3.8, 4) is 34.0 Å². The largest absolute Gasteiger partial charge is 0.493 e. The molecule has 0 amide bonds. The molecule has 33 heavy (non-hydrogen) atoms. The number of nitrogens with one attached hydrogen (secondary N) is 2. The summed E-state index contributed by atoms with van der Waals surface area (Å²) in [6, 6.07) is 6.97. The molecule has 2 aromatic heterocycles. The first kappa shape index (κ1) is 21.9. The van der Waals surface area contributed by atoms with Crippen LogP contribution in [0.4, 0.5) is 8.78 Å². The molecule has 2 heterocycles. The number of hydrogen-bond acceptors (Lipinski definition) is 6. The van der Waals surface area contributed by atoms with Crippen molar-refractivity contribution in [2.45, 2.75) is 20.0 Å². The lowest BCUT2D eigenvalue weighted by Gasteiger charge is -2.15. The third kappa shape index (κ3) is 4.25. The highest BCUT2D eigenvalue weighted by molar-refractivity contribution is 5.77. The van der Waals surface area contributed by atoms with Gasteiger partial charge in [0.1, 0.15) is 11.6 Å². The second-order valence-electron chi connectivity index (χ2n) is 7.03. The summed E-state index contributed by atoms with van der Waals surface area (Å²) in [6.07, 6.45) is -0.0206. The Bertz CT molecular complexity index is 1420. The average molecular weight is 456 g/mol. The number of carboxylic acids is 1. The molecule has 170 valence electrons. The number of fused-ring (bicyclic) bond motifs is 1. The summed E-state index contributed by atoms with van der Waals surface area (Å²) in [7, 11) is 0. The fourth-order valence-corrected chi connectivity index (χ4v) is 3.20. The zero-order valence-electron chi connectivity index (χ0n) is 17.5. The predicted octanol–water partition coefficient (Wildman–Crippen LogP) is 3.51. The molecule has 0 bridgehead atoms. The van der Waals surface area contributed by atoms with Crippen LogP contribution in [0.15, 0.2) is 41.5 Å². The lowest BCUT2D eigenvalue weighted by atomic mass is 10.0. The molecular weight excluding hydrogens is 438 g/mol. The Morgan fingerprint density at radius 1 is 1.18 bits per heavy atom. The van der Waals surface area contributed by atoms with Crippen LogP contribution in [0.5, 0.6) is 11.5 Å². The van der Waals surface area contributed by atoms with Crippen molar-refractivity contribution in [3.63, 3.8) is 0 Å². The summed E-state index contributed by atoms with van der Waals surface area (Å²) in [6.45, 7) is 3.26. The number of carbonyl (C=O) groups is 1. The van der Waals surface area contributed by atoms with Crippen molar-refractivity contribution in [2.75, 3.05) is 6.61 Å². The molecule has 0 fully saturated rings. The summed E-state index contributed by atoms with van der Waals surface area (Å²) >= 11 is 0. The monoisotopic (exact) mass is 456 g/mol. The second-order valence-corrected chi connectivity index (χ2v) is 7.03. The number of ether oxygens (including phenoxy) is 2. The van der Waals surface area contributed by atoms with Crippen LogP contribution >= 0.6 is 0 Å². The molecule has 0 aliphatic carbocycles. The molecule has 11 heteroatoms. The molecule has 0 aliphatic rings. The van der Waals surface area contributed by atoms with Crippen LogP contribution in [-0.4, -0.2) is 43.7 Å². The van der Waals surface area contributed by atoms with E-state index in [0.717, 1.165) is 6.07 Å². The molecule has 0 saturated heterocycles. The number of rotatable bonds is 7. The van der Waals surface area contributed by atoms with Crippen molar-refractivity contribution in [1.82, 2.24) is 19.9 Å². The Morgan fingerprint density at radius 2 is 1.94 bits per heavy atom. The summed E-state index contributed by atoms with van der Waals surface area (Å²) < 4.78 is 39.2. The van der Waals surface area contributed by atoms with Gasteiger partial charge < -0.3 is 24.5 Å². The van der Waals surface area contributed by atoms with Gasteiger partial charge in [-0.3, -0.25) is 4.79 Å². The van der Waals surface area contributed by atoms with E-state index in [2.05, 4.69) is 19.9 Å². The number of aliphatic carboxylic acids is 1. The molecule has 9 nitrogen and oxygen atoms in total. The van der Waals surface area contributed by atoms with E-state index >= 15 is 0 Å². The molecule has 3 N–H and O–H groups in total. The number of benzene rings is 2. The van der Waals surface area contributed by atoms with E-state index in [9.17, 15) is 18.4 Å². The van der Waals surface area contributed by atoms with Crippen LogP contribution < -0.4 is 15.0 Å². The molecule has 0 aliphatic heterocycles. The van der Waals surface area contributed by atoms with Crippen LogP contribution in [0.2, 0.25) is 0 Å². The minimum absolute atomic E-state index is 0.165. The molecule has 0 unspecified atom stereocenters. The normalized spacial score (nSPS) is 12.0. The van der Waals surface area contributed by atoms with Crippen molar-refractivity contribution in [3.05, 3.63) is 58.6 Å². The summed E-state index contributed by atoms with van der Waals surface area (Å²) in [5.41, 5.74) is 1.18. The van der Waals surface area contributed by atoms with Gasteiger partial charge in [-0.15, -0.1) is 0 Å². The molecule has 2 aromatic carbocycles. The van der Waals surface area contributed by atoms with Gasteiger partial charge in [-0.05, 0) is 49.2 Å². The zero-order valence-corrected chi connectivity index (χ0v) is 17.5. The number of H-pyrrole nitrogens is 2. The van der Waals surface area contributed by atoms with Crippen molar-refractivity contribution < 1.29 is 28.2 Å². The van der Waals surface area contributed by atoms with Gasteiger partial charge in [0.25, 0.3) is 5.56 Å². The Morgan fingerprint density at radius 3 is 2.67 bits per heavy atom. The number of hydrogen-bond donors (Lipinski definition) is 3. The maximum atomic E-state index is 14.2. The van der Waals surface area contributed by atoms with Crippen molar-refractivity contribution in [1.29, 1.82) is 0 Å². The highest BCUT2D eigenvalue weighted by atomic mass is 19.2. The number of halogens is 2. The van der Waals surface area contributed by atoms with Gasteiger partial charge >= 0.3 is 5.97 Å². The number of aromatic nitrogens is 4. The molecule has 1 atom stereocenters. The van der Waals surface area contributed by atoms with Crippen LogP contribution in [0, 0.1) is 11.6 Å². The smallest absolute Gasteiger partial charge is 0.344 e. The zero-order chi connectivity index (χ0) is 23.7. The van der Waals surface area contributed by atoms with E-state index < -0.39 is 35.0 Å². The number of carboxylic acid groups (broad SMARTS) is 1. The first-order valence-corrected chi connectivity index (χ1v) is 9.88. The Hall–Kier alpha value is -4.28. The van der Waals surface area contributed by atoms with E-state index in [1.807, 2.05) is 0 Å². The van der Waals surface area contributed by atoms with Gasteiger partial charge in [0.2, 0.25) is 5.82 Å². The Balaban J connectivity index is 1.80. The first-order chi connectivity index (χ1) is 15.8. The van der Waals surface area contributed by atoms with Gasteiger partial charge in [0, 0.05) is 0 Å². The minimum atomic E-state index is -1.38. The minimum Gasteiger partial charge on any atom is -0.493 e. The molecule has 4 rings (SSSR count). The number of imidazole rings is 1. The van der Waals surface area contributed by atoms with E-state index in [-0.39, 0.29) is 23.5 Å². The molecule has 0 radical (unpaired) electrons. The van der Waals surface area contributed by atoms with Crippen molar-refractivity contribution in [2.24, 2.45) is 0 Å². The van der Waals surface area contributed by atoms with Crippen LogP contribution in [-0.2, 0) is 4.79 Å². The Kier molecular flexibility index (Phi) is 5.78.